The van der Waals surface area contributed by atoms with Crippen LogP contribution in [-0.2, 0) is 11.2 Å². The number of nitrogens with two attached hydrogens (primary N) is 1. The fourth-order valence-corrected chi connectivity index (χ4v) is 2.26. The van der Waals surface area contributed by atoms with Crippen molar-refractivity contribution in [2.75, 3.05) is 13.7 Å². The second-order valence-electron chi connectivity index (χ2n) is 4.01. The van der Waals surface area contributed by atoms with Gasteiger partial charge in [0.25, 0.3) is 0 Å². The number of methoxy groups -OCH3 is 1. The second-order valence-corrected chi connectivity index (χ2v) is 4.95. The molecule has 0 saturated heterocycles. The summed E-state index contributed by atoms with van der Waals surface area (Å²) in [4.78, 5) is 4.42. The quantitative estimate of drug-likeness (QED) is 0.810. The smallest absolute Gasteiger partial charge is 0.0943 e. The van der Waals surface area contributed by atoms with Gasteiger partial charge in [-0.1, -0.05) is 6.92 Å². The van der Waals surface area contributed by atoms with Crippen molar-refractivity contribution in [1.82, 2.24) is 4.98 Å². The fourth-order valence-electron chi connectivity index (χ4n) is 1.42. The van der Waals surface area contributed by atoms with Gasteiger partial charge in [0.2, 0.25) is 0 Å². The zero-order valence-corrected chi connectivity index (χ0v) is 10.5. The number of nitrogens with zero attached hydrogens (tertiary/aromatic N) is 1. The van der Waals surface area contributed by atoms with Gasteiger partial charge < -0.3 is 10.5 Å². The number of thiazole rings is 1. The van der Waals surface area contributed by atoms with E-state index < -0.39 is 0 Å². The Kier molecular flexibility index (Phi) is 5.22. The van der Waals surface area contributed by atoms with E-state index in [1.54, 1.807) is 18.4 Å². The third kappa shape index (κ3) is 4.28. The van der Waals surface area contributed by atoms with Crippen molar-refractivity contribution in [2.45, 2.75) is 32.7 Å². The van der Waals surface area contributed by atoms with Crippen molar-refractivity contribution in [3.63, 3.8) is 0 Å². The minimum Gasteiger partial charge on any atom is -0.385 e. The lowest BCUT2D eigenvalue weighted by Gasteiger charge is -2.18. The zero-order valence-electron chi connectivity index (χ0n) is 9.69. The van der Waals surface area contributed by atoms with E-state index >= 15 is 0 Å². The monoisotopic (exact) mass is 228 g/mol. The topological polar surface area (TPSA) is 48.1 Å². The largest absolute Gasteiger partial charge is 0.385 e. The van der Waals surface area contributed by atoms with E-state index in [1.807, 2.05) is 6.92 Å². The van der Waals surface area contributed by atoms with Gasteiger partial charge in [-0.25, -0.2) is 4.98 Å². The van der Waals surface area contributed by atoms with E-state index in [9.17, 15) is 0 Å². The molecule has 0 spiro atoms. The Morgan fingerprint density at radius 1 is 1.60 bits per heavy atom. The number of rotatable bonds is 6. The second kappa shape index (κ2) is 6.20. The third-order valence-electron chi connectivity index (χ3n) is 2.59. The molecule has 2 atom stereocenters. The van der Waals surface area contributed by atoms with Gasteiger partial charge in [-0.3, -0.25) is 0 Å². The zero-order chi connectivity index (χ0) is 11.3. The van der Waals surface area contributed by atoms with Crippen LogP contribution in [0.3, 0.4) is 0 Å². The maximum atomic E-state index is 6.11. The average molecular weight is 228 g/mol. The molecule has 86 valence electrons. The molecule has 0 bridgehead atoms. The summed E-state index contributed by atoms with van der Waals surface area (Å²) in [7, 11) is 1.72. The van der Waals surface area contributed by atoms with Gasteiger partial charge in [0.15, 0.2) is 0 Å². The molecule has 4 heteroatoms. The first kappa shape index (κ1) is 12.6. The lowest BCUT2D eigenvalue weighted by atomic mass is 9.97. The molecule has 15 heavy (non-hydrogen) atoms. The van der Waals surface area contributed by atoms with Crippen LogP contribution in [0.15, 0.2) is 5.38 Å². The average Bonchev–Trinajstić information content (AvgIpc) is 2.60. The van der Waals surface area contributed by atoms with Crippen molar-refractivity contribution in [3.05, 3.63) is 16.1 Å². The van der Waals surface area contributed by atoms with Crippen LogP contribution >= 0.6 is 11.3 Å². The molecule has 0 saturated carbocycles. The van der Waals surface area contributed by atoms with Crippen LogP contribution in [0.25, 0.3) is 0 Å². The molecule has 3 nitrogen and oxygen atoms in total. The Morgan fingerprint density at radius 2 is 2.33 bits per heavy atom. The molecule has 0 aromatic carbocycles. The van der Waals surface area contributed by atoms with E-state index in [0.717, 1.165) is 30.2 Å². The summed E-state index contributed by atoms with van der Waals surface area (Å²) >= 11 is 1.70. The summed E-state index contributed by atoms with van der Waals surface area (Å²) in [6.07, 6.45) is 1.89. The minimum atomic E-state index is 0.186. The van der Waals surface area contributed by atoms with Crippen LogP contribution in [0.1, 0.15) is 24.0 Å². The van der Waals surface area contributed by atoms with E-state index in [0.29, 0.717) is 5.92 Å². The first-order valence-electron chi connectivity index (χ1n) is 5.29. The van der Waals surface area contributed by atoms with Crippen molar-refractivity contribution >= 4 is 11.3 Å². The minimum absolute atomic E-state index is 0.186. The number of aromatic nitrogens is 1. The van der Waals surface area contributed by atoms with Gasteiger partial charge in [-0.05, 0) is 19.3 Å². The molecular formula is C11H20N2OS. The van der Waals surface area contributed by atoms with Crippen molar-refractivity contribution in [1.29, 1.82) is 0 Å². The highest BCUT2D eigenvalue weighted by Crippen LogP contribution is 2.15. The van der Waals surface area contributed by atoms with Crippen LogP contribution in [0.4, 0.5) is 0 Å². The van der Waals surface area contributed by atoms with E-state index in [-0.39, 0.29) is 6.04 Å². The molecule has 0 aliphatic carbocycles. The molecule has 0 fully saturated rings. The Bertz CT molecular complexity index is 288. The third-order valence-corrected chi connectivity index (χ3v) is 3.57. The van der Waals surface area contributed by atoms with Crippen LogP contribution in [0.2, 0.25) is 0 Å². The Hall–Kier alpha value is -0.450. The molecule has 0 aliphatic rings. The number of hydrogen-bond donors (Lipinski definition) is 1. The highest BCUT2D eigenvalue weighted by atomic mass is 32.1. The predicted octanol–water partition coefficient (Wildman–Crippen LogP) is 1.99. The summed E-state index contributed by atoms with van der Waals surface area (Å²) < 4.78 is 5.05. The SMILES string of the molecule is COCCC(C)C(N)Cc1nc(C)cs1. The van der Waals surface area contributed by atoms with Crippen LogP contribution in [0, 0.1) is 12.8 Å². The van der Waals surface area contributed by atoms with Crippen molar-refractivity contribution < 1.29 is 4.74 Å². The van der Waals surface area contributed by atoms with Gasteiger partial charge in [0.05, 0.1) is 5.01 Å². The van der Waals surface area contributed by atoms with Gasteiger partial charge in [0, 0.05) is 37.3 Å². The molecule has 0 aliphatic heterocycles. The molecule has 0 radical (unpaired) electrons. The molecule has 0 amide bonds. The molecule has 1 heterocycles. The van der Waals surface area contributed by atoms with Crippen molar-refractivity contribution in [3.8, 4) is 0 Å². The van der Waals surface area contributed by atoms with Gasteiger partial charge in [-0.15, -0.1) is 11.3 Å². The Balaban J connectivity index is 2.37. The number of ether oxygens (including phenoxy) is 1. The van der Waals surface area contributed by atoms with Crippen LogP contribution < -0.4 is 5.73 Å². The summed E-state index contributed by atoms with van der Waals surface area (Å²) in [6.45, 7) is 4.97. The van der Waals surface area contributed by atoms with Crippen LogP contribution in [-0.4, -0.2) is 24.7 Å². The highest BCUT2D eigenvalue weighted by Gasteiger charge is 2.14. The van der Waals surface area contributed by atoms with Gasteiger partial charge in [-0.2, -0.15) is 0 Å². The van der Waals surface area contributed by atoms with E-state index in [1.165, 1.54) is 0 Å². The van der Waals surface area contributed by atoms with Crippen LogP contribution in [0.5, 0.6) is 0 Å². The summed E-state index contributed by atoms with van der Waals surface area (Å²) in [5, 5.41) is 3.21. The summed E-state index contributed by atoms with van der Waals surface area (Å²) in [5.74, 6) is 0.481. The standard InChI is InChI=1S/C11H20N2OS/c1-8(4-5-14-3)10(12)6-11-13-9(2)7-15-11/h7-8,10H,4-6,12H2,1-3H3. The highest BCUT2D eigenvalue weighted by molar-refractivity contribution is 7.09. The molecule has 1 aromatic rings. The van der Waals surface area contributed by atoms with Crippen molar-refractivity contribution in [2.24, 2.45) is 11.7 Å². The lowest BCUT2D eigenvalue weighted by molar-refractivity contribution is 0.174. The molecule has 2 N–H and O–H groups in total. The fraction of sp³-hybridized carbons (Fsp3) is 0.727. The Labute approximate surface area is 95.7 Å². The first-order valence-corrected chi connectivity index (χ1v) is 6.17. The number of hydrogen-bond acceptors (Lipinski definition) is 4. The maximum absolute atomic E-state index is 6.11. The maximum Gasteiger partial charge on any atom is 0.0943 e. The number of aryl methyl sites for hydroxylation is 1. The summed E-state index contributed by atoms with van der Waals surface area (Å²) in [5.41, 5.74) is 7.20. The molecule has 1 rings (SSSR count). The molecule has 1 aromatic heterocycles. The van der Waals surface area contributed by atoms with E-state index in [4.69, 9.17) is 10.5 Å². The summed E-state index contributed by atoms with van der Waals surface area (Å²) in [6, 6.07) is 0.186. The van der Waals surface area contributed by atoms with Gasteiger partial charge >= 0.3 is 0 Å². The Morgan fingerprint density at radius 3 is 2.87 bits per heavy atom. The first-order chi connectivity index (χ1) is 7.13. The molecule has 2 unspecified atom stereocenters. The normalized spacial score (nSPS) is 15.2. The van der Waals surface area contributed by atoms with E-state index in [2.05, 4.69) is 17.3 Å². The molecular weight excluding hydrogens is 208 g/mol. The van der Waals surface area contributed by atoms with Gasteiger partial charge in [0.1, 0.15) is 0 Å². The lowest BCUT2D eigenvalue weighted by Crippen LogP contribution is -2.31. The predicted molar refractivity (Wildman–Crippen MR) is 64.2 cm³/mol.